The van der Waals surface area contributed by atoms with Crippen LogP contribution in [0.5, 0.6) is 0 Å². The maximum atomic E-state index is 12.3. The monoisotopic (exact) mass is 431 g/mol. The third-order valence-corrected chi connectivity index (χ3v) is 5.06. The maximum Gasteiger partial charge on any atom is 0.303 e. The number of carboxylic acid groups (broad SMARTS) is 1. The second kappa shape index (κ2) is 14.3. The zero-order valence-corrected chi connectivity index (χ0v) is 19.1. The van der Waals surface area contributed by atoms with Crippen molar-refractivity contribution < 1.29 is 24.3 Å². The van der Waals surface area contributed by atoms with Crippen LogP contribution in [0.2, 0.25) is 0 Å². The van der Waals surface area contributed by atoms with Gasteiger partial charge in [0.2, 0.25) is 17.7 Å². The molecule has 0 aromatic carbocycles. The fourth-order valence-corrected chi connectivity index (χ4v) is 3.31. The summed E-state index contributed by atoms with van der Waals surface area (Å²) in [5.41, 5.74) is -0.118. The van der Waals surface area contributed by atoms with E-state index in [1.165, 1.54) is 0 Å². The fourth-order valence-electron chi connectivity index (χ4n) is 2.34. The van der Waals surface area contributed by atoms with Crippen molar-refractivity contribution in [3.05, 3.63) is 0 Å². The van der Waals surface area contributed by atoms with Crippen LogP contribution in [-0.2, 0) is 19.2 Å². The number of carbonyl (C=O) groups is 4. The van der Waals surface area contributed by atoms with Crippen LogP contribution in [-0.4, -0.2) is 59.4 Å². The highest BCUT2D eigenvalue weighted by Crippen LogP contribution is 2.17. The Hall–Kier alpha value is -1.77. The fraction of sp³-hybridized carbons (Fsp3) is 0.800. The van der Waals surface area contributed by atoms with Crippen LogP contribution in [0.1, 0.15) is 60.3 Å². The zero-order chi connectivity index (χ0) is 22.4. The van der Waals surface area contributed by atoms with Gasteiger partial charge in [-0.15, -0.1) is 0 Å². The molecule has 0 unspecified atom stereocenters. The molecule has 0 saturated heterocycles. The Morgan fingerprint density at radius 3 is 2.14 bits per heavy atom. The minimum Gasteiger partial charge on any atom is -0.481 e. The van der Waals surface area contributed by atoms with E-state index in [0.29, 0.717) is 18.1 Å². The van der Waals surface area contributed by atoms with Crippen LogP contribution < -0.4 is 16.0 Å². The van der Waals surface area contributed by atoms with Gasteiger partial charge >= 0.3 is 5.97 Å². The average Bonchev–Trinajstić information content (AvgIpc) is 2.57. The molecule has 0 heterocycles. The zero-order valence-electron chi connectivity index (χ0n) is 18.3. The predicted octanol–water partition coefficient (Wildman–Crippen LogP) is 1.78. The smallest absolute Gasteiger partial charge is 0.303 e. The quantitative estimate of drug-likeness (QED) is 0.311. The van der Waals surface area contributed by atoms with Gasteiger partial charge in [-0.3, -0.25) is 19.2 Å². The van der Waals surface area contributed by atoms with Crippen LogP contribution in [0.4, 0.5) is 0 Å². The molecule has 0 bridgehead atoms. The van der Waals surface area contributed by atoms with Crippen LogP contribution in [0.25, 0.3) is 0 Å². The summed E-state index contributed by atoms with van der Waals surface area (Å²) >= 11 is 1.67. The number of rotatable bonds is 14. The predicted molar refractivity (Wildman–Crippen MR) is 116 cm³/mol. The van der Waals surface area contributed by atoms with Gasteiger partial charge in [0.25, 0.3) is 0 Å². The summed E-state index contributed by atoms with van der Waals surface area (Å²) in [6.07, 6.45) is 0.454. The molecule has 0 fully saturated rings. The summed E-state index contributed by atoms with van der Waals surface area (Å²) < 4.78 is 0. The lowest BCUT2D eigenvalue weighted by molar-refractivity contribution is -0.138. The summed E-state index contributed by atoms with van der Waals surface area (Å²) in [6.45, 7) is 10.6. The molecule has 0 saturated carbocycles. The molecule has 168 valence electrons. The summed E-state index contributed by atoms with van der Waals surface area (Å²) in [5.74, 6) is 0.306. The molecule has 3 amide bonds. The Bertz CT molecular complexity index is 547. The highest BCUT2D eigenvalue weighted by molar-refractivity contribution is 7.99. The van der Waals surface area contributed by atoms with Gasteiger partial charge in [0.05, 0.1) is 0 Å². The summed E-state index contributed by atoms with van der Waals surface area (Å²) in [7, 11) is 0. The number of aliphatic carboxylic acids is 1. The van der Waals surface area contributed by atoms with Crippen molar-refractivity contribution in [2.24, 2.45) is 11.3 Å². The second-order valence-electron chi connectivity index (χ2n) is 8.65. The van der Waals surface area contributed by atoms with Crippen molar-refractivity contribution in [3.8, 4) is 0 Å². The summed E-state index contributed by atoms with van der Waals surface area (Å²) in [5, 5.41) is 16.9. The first kappa shape index (κ1) is 27.2. The Balaban J connectivity index is 4.40. The van der Waals surface area contributed by atoms with Gasteiger partial charge in [0.1, 0.15) is 6.04 Å². The number of thioether (sulfide) groups is 1. The lowest BCUT2D eigenvalue weighted by atomic mass is 9.92. The Labute approximate surface area is 178 Å². The van der Waals surface area contributed by atoms with Gasteiger partial charge in [0.15, 0.2) is 0 Å². The first-order valence-corrected chi connectivity index (χ1v) is 11.2. The van der Waals surface area contributed by atoms with Gasteiger partial charge in [-0.05, 0) is 23.5 Å². The summed E-state index contributed by atoms with van der Waals surface area (Å²) in [6, 6.07) is -0.904. The van der Waals surface area contributed by atoms with E-state index < -0.39 is 17.9 Å². The third-order valence-electron chi connectivity index (χ3n) is 3.66. The van der Waals surface area contributed by atoms with Gasteiger partial charge in [-0.2, -0.15) is 11.8 Å². The van der Waals surface area contributed by atoms with E-state index in [1.54, 1.807) is 11.8 Å². The number of hydrogen-bond donors (Lipinski definition) is 4. The lowest BCUT2D eigenvalue weighted by Gasteiger charge is -2.19. The van der Waals surface area contributed by atoms with E-state index in [1.807, 2.05) is 20.8 Å². The third kappa shape index (κ3) is 16.9. The van der Waals surface area contributed by atoms with Crippen molar-refractivity contribution >= 4 is 35.5 Å². The van der Waals surface area contributed by atoms with E-state index in [-0.39, 0.29) is 49.6 Å². The molecule has 0 rings (SSSR count). The van der Waals surface area contributed by atoms with Crippen molar-refractivity contribution in [2.45, 2.75) is 66.3 Å². The topological polar surface area (TPSA) is 125 Å². The molecule has 0 aromatic rings. The molecule has 8 nitrogen and oxygen atoms in total. The van der Waals surface area contributed by atoms with Crippen molar-refractivity contribution in [1.29, 1.82) is 0 Å². The number of carboxylic acids is 1. The highest BCUT2D eigenvalue weighted by Gasteiger charge is 2.21. The molecule has 29 heavy (non-hydrogen) atoms. The maximum absolute atomic E-state index is 12.3. The normalized spacial score (nSPS) is 12.3. The number of nitrogens with one attached hydrogen (secondary N) is 3. The summed E-state index contributed by atoms with van der Waals surface area (Å²) in [4.78, 5) is 47.1. The highest BCUT2D eigenvalue weighted by atomic mass is 32.2. The first-order chi connectivity index (χ1) is 13.4. The molecule has 0 aliphatic heterocycles. The SMILES string of the molecule is CC(C)CSCCC(=O)N[C@@H](CCC(=O)O)C(=O)NCCNC(=O)CC(C)(C)C. The lowest BCUT2D eigenvalue weighted by Crippen LogP contribution is -2.48. The van der Waals surface area contributed by atoms with Gasteiger partial charge in [-0.25, -0.2) is 0 Å². The van der Waals surface area contributed by atoms with E-state index in [9.17, 15) is 19.2 Å². The molecule has 0 radical (unpaired) electrons. The average molecular weight is 432 g/mol. The molecule has 0 aliphatic carbocycles. The van der Waals surface area contributed by atoms with Gasteiger partial charge in [0, 0.05) is 38.1 Å². The van der Waals surface area contributed by atoms with Crippen LogP contribution in [0.15, 0.2) is 0 Å². The molecule has 0 aliphatic rings. The Morgan fingerprint density at radius 1 is 0.966 bits per heavy atom. The van der Waals surface area contributed by atoms with Crippen LogP contribution in [0.3, 0.4) is 0 Å². The Kier molecular flexibility index (Phi) is 13.4. The van der Waals surface area contributed by atoms with Gasteiger partial charge in [-0.1, -0.05) is 34.6 Å². The molecule has 0 aromatic heterocycles. The molecular formula is C20H37N3O5S. The first-order valence-electron chi connectivity index (χ1n) is 10.0. The number of hydrogen-bond acceptors (Lipinski definition) is 5. The minimum atomic E-state index is -1.03. The van der Waals surface area contributed by atoms with Crippen LogP contribution >= 0.6 is 11.8 Å². The molecule has 0 spiro atoms. The molecular weight excluding hydrogens is 394 g/mol. The van der Waals surface area contributed by atoms with E-state index >= 15 is 0 Å². The molecule has 4 N–H and O–H groups in total. The van der Waals surface area contributed by atoms with E-state index in [0.717, 1.165) is 5.75 Å². The number of amides is 3. The van der Waals surface area contributed by atoms with Crippen LogP contribution in [0, 0.1) is 11.3 Å². The van der Waals surface area contributed by atoms with Crippen molar-refractivity contribution in [3.63, 3.8) is 0 Å². The Morgan fingerprint density at radius 2 is 1.59 bits per heavy atom. The minimum absolute atomic E-state index is 0.0163. The second-order valence-corrected chi connectivity index (χ2v) is 9.80. The standard InChI is InChI=1S/C20H37N3O5S/c1-14(2)13-29-11-8-16(24)23-15(6-7-18(26)27)19(28)22-10-9-21-17(25)12-20(3,4)5/h14-15H,6-13H2,1-5H3,(H,21,25)(H,22,28)(H,23,24)(H,26,27)/t15-/m0/s1. The van der Waals surface area contributed by atoms with E-state index in [2.05, 4.69) is 29.8 Å². The molecule has 1 atom stereocenters. The van der Waals surface area contributed by atoms with E-state index in [4.69, 9.17) is 5.11 Å². The number of carbonyl (C=O) groups excluding carboxylic acids is 3. The molecule has 9 heteroatoms. The van der Waals surface area contributed by atoms with Crippen molar-refractivity contribution in [1.82, 2.24) is 16.0 Å². The van der Waals surface area contributed by atoms with Crippen molar-refractivity contribution in [2.75, 3.05) is 24.6 Å². The largest absolute Gasteiger partial charge is 0.481 e. The van der Waals surface area contributed by atoms with Gasteiger partial charge < -0.3 is 21.1 Å².